The van der Waals surface area contributed by atoms with Crippen molar-refractivity contribution in [3.8, 4) is 11.3 Å². The van der Waals surface area contributed by atoms with Crippen molar-refractivity contribution in [3.63, 3.8) is 0 Å². The van der Waals surface area contributed by atoms with Crippen LogP contribution in [0.1, 0.15) is 18.1 Å². The van der Waals surface area contributed by atoms with Crippen molar-refractivity contribution in [2.24, 2.45) is 0 Å². The van der Waals surface area contributed by atoms with Gasteiger partial charge in [-0.3, -0.25) is 10.1 Å². The number of nitrogens with one attached hydrogen (secondary N) is 1. The molecule has 154 valence electrons. The second-order valence-electron chi connectivity index (χ2n) is 6.46. The molecule has 2 aromatic carbocycles. The zero-order valence-electron chi connectivity index (χ0n) is 16.9. The number of hydrogen-bond acceptors (Lipinski definition) is 5. The summed E-state index contributed by atoms with van der Waals surface area (Å²) in [5.74, 6) is 0.579. The van der Waals surface area contributed by atoms with E-state index in [-0.39, 0.29) is 18.7 Å². The second-order valence-corrected chi connectivity index (χ2v) is 6.46. The summed E-state index contributed by atoms with van der Waals surface area (Å²) in [5, 5.41) is 7.14. The molecule has 0 spiro atoms. The maximum atomic E-state index is 12.3. The lowest BCUT2D eigenvalue weighted by molar-refractivity contribution is 0.168. The Morgan fingerprint density at radius 1 is 1.13 bits per heavy atom. The summed E-state index contributed by atoms with van der Waals surface area (Å²) in [6.45, 7) is 6.13. The maximum Gasteiger partial charge on any atom is 0.411 e. The van der Waals surface area contributed by atoms with Crippen molar-refractivity contribution >= 4 is 17.5 Å². The minimum Gasteiger partial charge on any atom is -0.497 e. The number of ether oxygens (including phenoxy) is 2. The van der Waals surface area contributed by atoms with E-state index >= 15 is 0 Å². The van der Waals surface area contributed by atoms with E-state index in [1.807, 2.05) is 30.3 Å². The molecule has 0 radical (unpaired) electrons. The summed E-state index contributed by atoms with van der Waals surface area (Å²) >= 11 is 0. The van der Waals surface area contributed by atoms with Gasteiger partial charge < -0.3 is 9.47 Å². The van der Waals surface area contributed by atoms with Crippen LogP contribution in [0.3, 0.4) is 0 Å². The van der Waals surface area contributed by atoms with E-state index in [0.717, 1.165) is 16.7 Å². The molecule has 0 aliphatic carbocycles. The Kier molecular flexibility index (Phi) is 6.64. The summed E-state index contributed by atoms with van der Waals surface area (Å²) in [7, 11) is 1.57. The third-order valence-corrected chi connectivity index (χ3v) is 4.40. The van der Waals surface area contributed by atoms with Gasteiger partial charge in [0.25, 0.3) is 5.56 Å². The lowest BCUT2D eigenvalue weighted by atomic mass is 10.1. The Morgan fingerprint density at radius 2 is 1.90 bits per heavy atom. The van der Waals surface area contributed by atoms with Crippen LogP contribution in [0.15, 0.2) is 72.0 Å². The van der Waals surface area contributed by atoms with Crippen molar-refractivity contribution in [2.45, 2.75) is 13.5 Å². The number of carbonyl (C=O) groups excluding carboxylic acids is 1. The number of aromatic nitrogens is 2. The molecule has 0 aliphatic rings. The molecule has 3 rings (SSSR count). The van der Waals surface area contributed by atoms with E-state index in [1.165, 1.54) is 10.7 Å². The zero-order valence-corrected chi connectivity index (χ0v) is 16.9. The summed E-state index contributed by atoms with van der Waals surface area (Å²) in [6, 6.07) is 18.0. The van der Waals surface area contributed by atoms with Gasteiger partial charge in [-0.15, -0.1) is 0 Å². The average molecular weight is 405 g/mol. The van der Waals surface area contributed by atoms with Gasteiger partial charge in [-0.2, -0.15) is 5.10 Å². The molecule has 3 aromatic rings. The molecule has 30 heavy (non-hydrogen) atoms. The van der Waals surface area contributed by atoms with Gasteiger partial charge in [0.15, 0.2) is 0 Å². The molecule has 7 nitrogen and oxygen atoms in total. The van der Waals surface area contributed by atoms with Gasteiger partial charge in [0.1, 0.15) is 5.76 Å². The third-order valence-electron chi connectivity index (χ3n) is 4.40. The fraction of sp³-hybridized carbons (Fsp3) is 0.174. The Balaban J connectivity index is 1.82. The second kappa shape index (κ2) is 9.56. The average Bonchev–Trinajstić information content (AvgIpc) is 2.75. The molecule has 0 atom stereocenters. The molecule has 0 unspecified atom stereocenters. The van der Waals surface area contributed by atoms with Crippen LogP contribution in [0, 0.1) is 0 Å². The summed E-state index contributed by atoms with van der Waals surface area (Å²) in [5.41, 5.74) is 3.61. The number of methoxy groups -OCH3 is 1. The van der Waals surface area contributed by atoms with E-state index in [4.69, 9.17) is 9.47 Å². The van der Waals surface area contributed by atoms with Crippen LogP contribution in [0.2, 0.25) is 0 Å². The quantitative estimate of drug-likeness (QED) is 0.597. The smallest absolute Gasteiger partial charge is 0.411 e. The number of benzene rings is 2. The predicted octanol–water partition coefficient (Wildman–Crippen LogP) is 4.14. The number of anilines is 1. The first-order chi connectivity index (χ1) is 14.5. The van der Waals surface area contributed by atoms with Crippen molar-refractivity contribution in [2.75, 3.05) is 19.0 Å². The van der Waals surface area contributed by atoms with Crippen LogP contribution in [-0.4, -0.2) is 29.6 Å². The van der Waals surface area contributed by atoms with Crippen LogP contribution in [-0.2, 0) is 16.0 Å². The number of carbonyl (C=O) groups is 1. The minimum absolute atomic E-state index is 0.216. The van der Waals surface area contributed by atoms with E-state index in [2.05, 4.69) is 17.0 Å². The van der Waals surface area contributed by atoms with Gasteiger partial charge in [-0.25, -0.2) is 9.48 Å². The number of rotatable bonds is 7. The molecular weight excluding hydrogens is 382 g/mol. The van der Waals surface area contributed by atoms with Crippen molar-refractivity contribution in [3.05, 3.63) is 88.7 Å². The SMILES string of the molecule is C=C(OC)c1ccc(-c2ccc(=O)n(Cc3cccc(NC(=O)OCC)c3)n2)cc1. The highest BCUT2D eigenvalue weighted by Gasteiger charge is 2.07. The molecule has 1 heterocycles. The highest BCUT2D eigenvalue weighted by molar-refractivity contribution is 5.84. The molecule has 1 amide bonds. The fourth-order valence-electron chi connectivity index (χ4n) is 2.87. The monoisotopic (exact) mass is 405 g/mol. The minimum atomic E-state index is -0.522. The lowest BCUT2D eigenvalue weighted by Crippen LogP contribution is -2.23. The van der Waals surface area contributed by atoms with Gasteiger partial charge in [0, 0.05) is 22.9 Å². The molecule has 0 bridgehead atoms. The molecule has 0 saturated heterocycles. The zero-order chi connectivity index (χ0) is 21.5. The lowest BCUT2D eigenvalue weighted by Gasteiger charge is -2.10. The summed E-state index contributed by atoms with van der Waals surface area (Å²) in [4.78, 5) is 23.9. The maximum absolute atomic E-state index is 12.3. The van der Waals surface area contributed by atoms with Crippen LogP contribution < -0.4 is 10.9 Å². The van der Waals surface area contributed by atoms with Crippen LogP contribution in [0.25, 0.3) is 17.0 Å². The summed E-state index contributed by atoms with van der Waals surface area (Å²) < 4.78 is 11.4. The van der Waals surface area contributed by atoms with Gasteiger partial charge >= 0.3 is 6.09 Å². The molecule has 0 saturated carbocycles. The van der Waals surface area contributed by atoms with Gasteiger partial charge in [0.05, 0.1) is 26.0 Å². The highest BCUT2D eigenvalue weighted by Crippen LogP contribution is 2.20. The Bertz CT molecular complexity index is 1100. The topological polar surface area (TPSA) is 82.5 Å². The number of amides is 1. The molecule has 0 aliphatic heterocycles. The van der Waals surface area contributed by atoms with Crippen LogP contribution in [0.4, 0.5) is 10.5 Å². The van der Waals surface area contributed by atoms with Crippen molar-refractivity contribution in [1.29, 1.82) is 0 Å². The molecule has 0 fully saturated rings. The first-order valence-corrected chi connectivity index (χ1v) is 9.44. The third kappa shape index (κ3) is 5.14. The Hall–Kier alpha value is -3.87. The highest BCUT2D eigenvalue weighted by atomic mass is 16.5. The molecule has 1 N–H and O–H groups in total. The Labute approximate surface area is 174 Å². The molecule has 1 aromatic heterocycles. The predicted molar refractivity (Wildman–Crippen MR) is 116 cm³/mol. The largest absolute Gasteiger partial charge is 0.497 e. The van der Waals surface area contributed by atoms with E-state index in [9.17, 15) is 9.59 Å². The van der Waals surface area contributed by atoms with Gasteiger partial charge in [0.2, 0.25) is 0 Å². The fourth-order valence-corrected chi connectivity index (χ4v) is 2.87. The van der Waals surface area contributed by atoms with Gasteiger partial charge in [-0.05, 0) is 30.7 Å². The number of nitrogens with zero attached hydrogens (tertiary/aromatic N) is 2. The van der Waals surface area contributed by atoms with Gasteiger partial charge in [-0.1, -0.05) is 43.0 Å². The summed E-state index contributed by atoms with van der Waals surface area (Å²) in [6.07, 6.45) is -0.522. The van der Waals surface area contributed by atoms with Crippen LogP contribution >= 0.6 is 0 Å². The first-order valence-electron chi connectivity index (χ1n) is 9.44. The van der Waals surface area contributed by atoms with Crippen molar-refractivity contribution < 1.29 is 14.3 Å². The normalized spacial score (nSPS) is 10.3. The van der Waals surface area contributed by atoms with Crippen LogP contribution in [0.5, 0.6) is 0 Å². The van der Waals surface area contributed by atoms with E-state index in [1.54, 1.807) is 38.3 Å². The standard InChI is InChI=1S/C23H23N3O4/c1-4-30-23(28)24-20-7-5-6-17(14-20)15-26-22(27)13-12-21(25-26)19-10-8-18(9-11-19)16(2)29-3/h5-14H,2,4,15H2,1,3H3,(H,24,28). The first kappa shape index (κ1) is 20.9. The Morgan fingerprint density at radius 3 is 2.60 bits per heavy atom. The molecular formula is C23H23N3O4. The van der Waals surface area contributed by atoms with E-state index < -0.39 is 6.09 Å². The van der Waals surface area contributed by atoms with Crippen molar-refractivity contribution in [1.82, 2.24) is 9.78 Å². The number of hydrogen-bond donors (Lipinski definition) is 1. The molecule has 7 heteroatoms. The van der Waals surface area contributed by atoms with E-state index in [0.29, 0.717) is 17.1 Å².